The van der Waals surface area contributed by atoms with Crippen molar-refractivity contribution in [1.82, 2.24) is 14.7 Å². The van der Waals surface area contributed by atoms with Gasteiger partial charge in [-0.1, -0.05) is 0 Å². The SMILES string of the molecule is CN(C)C(=O)N1CCN(C(=O)C2(CN)CC2)CC1. The number of amides is 3. The maximum absolute atomic E-state index is 12.3. The Morgan fingerprint density at radius 3 is 2.00 bits per heavy atom. The number of hydrogen-bond acceptors (Lipinski definition) is 3. The van der Waals surface area contributed by atoms with Crippen LogP contribution in [0, 0.1) is 5.41 Å². The predicted octanol–water partition coefficient (Wildman–Crippen LogP) is -0.449. The van der Waals surface area contributed by atoms with E-state index >= 15 is 0 Å². The Morgan fingerprint density at radius 2 is 1.61 bits per heavy atom. The van der Waals surface area contributed by atoms with Gasteiger partial charge in [-0.25, -0.2) is 4.79 Å². The van der Waals surface area contributed by atoms with Gasteiger partial charge < -0.3 is 20.4 Å². The van der Waals surface area contributed by atoms with Gasteiger partial charge in [-0.2, -0.15) is 0 Å². The normalized spacial score (nSPS) is 21.7. The molecule has 6 nitrogen and oxygen atoms in total. The summed E-state index contributed by atoms with van der Waals surface area (Å²) in [4.78, 5) is 29.2. The van der Waals surface area contributed by atoms with Crippen molar-refractivity contribution in [3.63, 3.8) is 0 Å². The van der Waals surface area contributed by atoms with E-state index in [-0.39, 0.29) is 17.4 Å². The molecule has 18 heavy (non-hydrogen) atoms. The molecule has 1 heterocycles. The highest BCUT2D eigenvalue weighted by molar-refractivity contribution is 5.86. The molecule has 0 aromatic rings. The second-order valence-electron chi connectivity index (χ2n) is 5.44. The molecule has 2 N–H and O–H groups in total. The molecular weight excluding hydrogens is 232 g/mol. The van der Waals surface area contributed by atoms with E-state index in [1.807, 2.05) is 4.90 Å². The van der Waals surface area contributed by atoms with Gasteiger partial charge in [0.25, 0.3) is 0 Å². The Bertz CT molecular complexity index is 344. The fourth-order valence-corrected chi connectivity index (χ4v) is 2.38. The summed E-state index contributed by atoms with van der Waals surface area (Å²) < 4.78 is 0. The molecule has 0 aromatic heterocycles. The van der Waals surface area contributed by atoms with Crippen LogP contribution in [0.5, 0.6) is 0 Å². The highest BCUT2D eigenvalue weighted by Gasteiger charge is 2.50. The fraction of sp³-hybridized carbons (Fsp3) is 0.833. The Kier molecular flexibility index (Phi) is 3.47. The zero-order valence-corrected chi connectivity index (χ0v) is 11.2. The largest absolute Gasteiger partial charge is 0.339 e. The summed E-state index contributed by atoms with van der Waals surface area (Å²) >= 11 is 0. The molecular formula is C12H22N4O2. The molecule has 102 valence electrons. The number of urea groups is 1. The highest BCUT2D eigenvalue weighted by atomic mass is 16.2. The molecule has 0 bridgehead atoms. The average Bonchev–Trinajstić information content (AvgIpc) is 3.18. The topological polar surface area (TPSA) is 69.9 Å². The van der Waals surface area contributed by atoms with Crippen LogP contribution < -0.4 is 5.73 Å². The van der Waals surface area contributed by atoms with Crippen molar-refractivity contribution in [3.8, 4) is 0 Å². The zero-order chi connectivity index (χ0) is 13.3. The average molecular weight is 254 g/mol. The van der Waals surface area contributed by atoms with Crippen LogP contribution in [0.3, 0.4) is 0 Å². The third kappa shape index (κ3) is 2.29. The van der Waals surface area contributed by atoms with Gasteiger partial charge in [0.2, 0.25) is 5.91 Å². The minimum absolute atomic E-state index is 0.0158. The van der Waals surface area contributed by atoms with Gasteiger partial charge in [-0.05, 0) is 12.8 Å². The van der Waals surface area contributed by atoms with Crippen LogP contribution in [0.1, 0.15) is 12.8 Å². The van der Waals surface area contributed by atoms with Crippen LogP contribution in [-0.2, 0) is 4.79 Å². The van der Waals surface area contributed by atoms with Crippen LogP contribution in [0.4, 0.5) is 4.79 Å². The highest BCUT2D eigenvalue weighted by Crippen LogP contribution is 2.46. The molecule has 1 aliphatic heterocycles. The van der Waals surface area contributed by atoms with Gasteiger partial charge in [-0.3, -0.25) is 4.79 Å². The van der Waals surface area contributed by atoms with E-state index in [9.17, 15) is 9.59 Å². The maximum atomic E-state index is 12.3. The Hall–Kier alpha value is -1.30. The minimum atomic E-state index is -0.270. The Balaban J connectivity index is 1.87. The summed E-state index contributed by atoms with van der Waals surface area (Å²) in [5.74, 6) is 0.182. The van der Waals surface area contributed by atoms with E-state index in [0.29, 0.717) is 32.7 Å². The van der Waals surface area contributed by atoms with Gasteiger partial charge in [0.05, 0.1) is 5.41 Å². The summed E-state index contributed by atoms with van der Waals surface area (Å²) in [6.07, 6.45) is 1.83. The lowest BCUT2D eigenvalue weighted by atomic mass is 10.1. The summed E-state index contributed by atoms with van der Waals surface area (Å²) in [5, 5.41) is 0. The molecule has 1 aliphatic carbocycles. The molecule has 1 saturated carbocycles. The second kappa shape index (κ2) is 4.76. The van der Waals surface area contributed by atoms with Crippen molar-refractivity contribution in [1.29, 1.82) is 0 Å². The van der Waals surface area contributed by atoms with Gasteiger partial charge in [0.1, 0.15) is 0 Å². The van der Waals surface area contributed by atoms with Gasteiger partial charge in [0.15, 0.2) is 0 Å². The third-order valence-corrected chi connectivity index (χ3v) is 3.92. The first kappa shape index (κ1) is 13.1. The van der Waals surface area contributed by atoms with Crippen LogP contribution in [0.2, 0.25) is 0 Å². The Morgan fingerprint density at radius 1 is 1.11 bits per heavy atom. The summed E-state index contributed by atoms with van der Waals surface area (Å²) in [6, 6.07) is 0.0158. The Labute approximate surface area is 108 Å². The number of piperazine rings is 1. The maximum Gasteiger partial charge on any atom is 0.319 e. The molecule has 0 aromatic carbocycles. The van der Waals surface area contributed by atoms with Gasteiger partial charge in [-0.15, -0.1) is 0 Å². The number of nitrogens with zero attached hydrogens (tertiary/aromatic N) is 3. The van der Waals surface area contributed by atoms with E-state index in [0.717, 1.165) is 12.8 Å². The van der Waals surface area contributed by atoms with Crippen molar-refractivity contribution >= 4 is 11.9 Å². The van der Waals surface area contributed by atoms with E-state index in [1.54, 1.807) is 23.9 Å². The molecule has 0 spiro atoms. The number of carbonyl (C=O) groups is 2. The molecule has 3 amide bonds. The van der Waals surface area contributed by atoms with E-state index < -0.39 is 0 Å². The number of nitrogens with two attached hydrogens (primary N) is 1. The molecule has 6 heteroatoms. The lowest BCUT2D eigenvalue weighted by Crippen LogP contribution is -2.54. The van der Waals surface area contributed by atoms with E-state index in [1.165, 1.54) is 0 Å². The van der Waals surface area contributed by atoms with Gasteiger partial charge in [0, 0.05) is 46.8 Å². The van der Waals surface area contributed by atoms with Crippen molar-refractivity contribution < 1.29 is 9.59 Å². The first-order valence-electron chi connectivity index (χ1n) is 6.46. The lowest BCUT2D eigenvalue weighted by Gasteiger charge is -2.37. The molecule has 0 radical (unpaired) electrons. The first-order chi connectivity index (χ1) is 8.50. The molecule has 1 saturated heterocycles. The summed E-state index contributed by atoms with van der Waals surface area (Å²) in [5.41, 5.74) is 5.40. The van der Waals surface area contributed by atoms with Gasteiger partial charge >= 0.3 is 6.03 Å². The van der Waals surface area contributed by atoms with Crippen LogP contribution >= 0.6 is 0 Å². The quantitative estimate of drug-likeness (QED) is 0.725. The smallest absolute Gasteiger partial charge is 0.319 e. The second-order valence-corrected chi connectivity index (χ2v) is 5.44. The number of carbonyl (C=O) groups excluding carboxylic acids is 2. The number of rotatable bonds is 2. The molecule has 2 aliphatic rings. The van der Waals surface area contributed by atoms with E-state index in [4.69, 9.17) is 5.73 Å². The first-order valence-corrected chi connectivity index (χ1v) is 6.46. The van der Waals surface area contributed by atoms with Crippen molar-refractivity contribution in [3.05, 3.63) is 0 Å². The monoisotopic (exact) mass is 254 g/mol. The third-order valence-electron chi connectivity index (χ3n) is 3.92. The fourth-order valence-electron chi connectivity index (χ4n) is 2.38. The number of hydrogen-bond donors (Lipinski definition) is 1. The lowest BCUT2D eigenvalue weighted by molar-refractivity contribution is -0.138. The summed E-state index contributed by atoms with van der Waals surface area (Å²) in [7, 11) is 3.49. The van der Waals surface area contributed by atoms with Crippen LogP contribution in [-0.4, -0.2) is 73.5 Å². The molecule has 2 rings (SSSR count). The zero-order valence-electron chi connectivity index (χ0n) is 11.2. The minimum Gasteiger partial charge on any atom is -0.339 e. The predicted molar refractivity (Wildman–Crippen MR) is 68.0 cm³/mol. The van der Waals surface area contributed by atoms with Crippen LogP contribution in [0.25, 0.3) is 0 Å². The van der Waals surface area contributed by atoms with Crippen LogP contribution in [0.15, 0.2) is 0 Å². The molecule has 2 fully saturated rings. The van der Waals surface area contributed by atoms with Crippen molar-refractivity contribution in [2.45, 2.75) is 12.8 Å². The van der Waals surface area contributed by atoms with Crippen molar-refractivity contribution in [2.24, 2.45) is 11.1 Å². The molecule has 0 atom stereocenters. The molecule has 0 unspecified atom stereocenters. The van der Waals surface area contributed by atoms with E-state index in [2.05, 4.69) is 0 Å². The standard InChI is InChI=1S/C12H22N4O2/c1-14(2)11(18)16-7-5-15(6-8-16)10(17)12(9-13)3-4-12/h3-9,13H2,1-2H3. The van der Waals surface area contributed by atoms with Crippen molar-refractivity contribution in [2.75, 3.05) is 46.8 Å². The summed E-state index contributed by atoms with van der Waals surface area (Å²) in [6.45, 7) is 2.93.